The number of aliphatic carboxylic acids is 1. The largest absolute Gasteiger partial charge is 0.481 e. The summed E-state index contributed by atoms with van der Waals surface area (Å²) in [6.45, 7) is 8.15. The van der Waals surface area contributed by atoms with Crippen LogP contribution in [0.3, 0.4) is 0 Å². The van der Waals surface area contributed by atoms with Gasteiger partial charge in [0.05, 0.1) is 6.42 Å². The molecule has 0 fully saturated rings. The summed E-state index contributed by atoms with van der Waals surface area (Å²) in [4.78, 5) is 22.9. The fourth-order valence-electron chi connectivity index (χ4n) is 2.06. The van der Waals surface area contributed by atoms with E-state index in [9.17, 15) is 9.59 Å². The van der Waals surface area contributed by atoms with Crippen molar-refractivity contribution in [1.29, 1.82) is 0 Å². The molecule has 0 aliphatic rings. The molecule has 1 rings (SSSR count). The fraction of sp³-hybridized carbons (Fsp3) is 0.529. The minimum atomic E-state index is -0.940. The molecule has 0 heterocycles. The lowest BCUT2D eigenvalue weighted by Gasteiger charge is -2.34. The number of nitrogens with one attached hydrogen (secondary N) is 1. The number of carbonyl (C=O) groups is 2. The maximum Gasteiger partial charge on any atom is 0.407 e. The van der Waals surface area contributed by atoms with Crippen LogP contribution >= 0.6 is 0 Å². The highest BCUT2D eigenvalue weighted by atomic mass is 16.5. The Balaban J connectivity index is 2.61. The van der Waals surface area contributed by atoms with Crippen molar-refractivity contribution in [2.24, 2.45) is 11.3 Å². The molecule has 5 heteroatoms. The van der Waals surface area contributed by atoms with E-state index >= 15 is 0 Å². The molecule has 1 unspecified atom stereocenters. The van der Waals surface area contributed by atoms with Crippen molar-refractivity contribution < 1.29 is 19.4 Å². The van der Waals surface area contributed by atoms with Crippen LogP contribution in [0.5, 0.6) is 0 Å². The van der Waals surface area contributed by atoms with E-state index < -0.39 is 18.1 Å². The summed E-state index contributed by atoms with van der Waals surface area (Å²) in [5, 5.41) is 11.7. The Kier molecular flexibility index (Phi) is 6.40. The maximum atomic E-state index is 11.9. The molecule has 0 spiro atoms. The highest BCUT2D eigenvalue weighted by Crippen LogP contribution is 2.29. The van der Waals surface area contributed by atoms with E-state index in [4.69, 9.17) is 9.84 Å². The van der Waals surface area contributed by atoms with Gasteiger partial charge >= 0.3 is 12.1 Å². The maximum absolute atomic E-state index is 11.9. The van der Waals surface area contributed by atoms with Gasteiger partial charge in [-0.25, -0.2) is 4.79 Å². The number of rotatable bonds is 6. The summed E-state index contributed by atoms with van der Waals surface area (Å²) in [5.74, 6) is -0.947. The summed E-state index contributed by atoms with van der Waals surface area (Å²) >= 11 is 0. The lowest BCUT2D eigenvalue weighted by molar-refractivity contribution is -0.138. The first-order chi connectivity index (χ1) is 10.2. The smallest absolute Gasteiger partial charge is 0.407 e. The van der Waals surface area contributed by atoms with Crippen LogP contribution in [-0.2, 0) is 16.1 Å². The number of ether oxygens (including phenoxy) is 1. The molecule has 1 aromatic carbocycles. The van der Waals surface area contributed by atoms with Gasteiger partial charge in [-0.15, -0.1) is 0 Å². The normalized spacial score (nSPS) is 14.0. The average Bonchev–Trinajstić information content (AvgIpc) is 2.43. The van der Waals surface area contributed by atoms with Crippen molar-refractivity contribution in [3.63, 3.8) is 0 Å². The number of carboxylic acid groups (broad SMARTS) is 1. The Bertz CT molecular complexity index is 493. The van der Waals surface area contributed by atoms with Gasteiger partial charge in [-0.1, -0.05) is 58.0 Å². The van der Waals surface area contributed by atoms with Gasteiger partial charge in [0.15, 0.2) is 0 Å². The first-order valence-corrected chi connectivity index (χ1v) is 7.39. The Morgan fingerprint density at radius 1 is 1.23 bits per heavy atom. The number of amides is 1. The third-order valence-electron chi connectivity index (χ3n) is 3.88. The molecule has 0 saturated carbocycles. The lowest BCUT2D eigenvalue weighted by Crippen LogP contribution is -2.45. The zero-order chi connectivity index (χ0) is 16.8. The van der Waals surface area contributed by atoms with Gasteiger partial charge in [0, 0.05) is 6.04 Å². The lowest BCUT2D eigenvalue weighted by atomic mass is 9.76. The SMILES string of the molecule is CC([C@H](CC(=O)O)NC(=O)OCc1ccccc1)C(C)(C)C. The molecule has 0 aromatic heterocycles. The molecular formula is C17H25NO4. The zero-order valence-electron chi connectivity index (χ0n) is 13.6. The molecule has 1 amide bonds. The van der Waals surface area contributed by atoms with Crippen LogP contribution in [0.2, 0.25) is 0 Å². The van der Waals surface area contributed by atoms with Gasteiger partial charge in [0.1, 0.15) is 6.61 Å². The van der Waals surface area contributed by atoms with Crippen LogP contribution in [0.1, 0.15) is 39.7 Å². The van der Waals surface area contributed by atoms with Crippen molar-refractivity contribution in [2.75, 3.05) is 0 Å². The van der Waals surface area contributed by atoms with Crippen LogP contribution in [0.15, 0.2) is 30.3 Å². The molecule has 1 aromatic rings. The Labute approximate surface area is 131 Å². The van der Waals surface area contributed by atoms with Crippen molar-refractivity contribution in [3.8, 4) is 0 Å². The summed E-state index contributed by atoms with van der Waals surface area (Å²) < 4.78 is 5.16. The number of alkyl carbamates (subject to hydrolysis) is 1. The summed E-state index contributed by atoms with van der Waals surface area (Å²) in [7, 11) is 0. The number of hydrogen-bond acceptors (Lipinski definition) is 3. The summed E-state index contributed by atoms with van der Waals surface area (Å²) in [5.41, 5.74) is 0.767. The topological polar surface area (TPSA) is 75.6 Å². The molecule has 0 saturated heterocycles. The first-order valence-electron chi connectivity index (χ1n) is 7.39. The van der Waals surface area contributed by atoms with Crippen molar-refractivity contribution >= 4 is 12.1 Å². The Morgan fingerprint density at radius 3 is 2.32 bits per heavy atom. The molecule has 5 nitrogen and oxygen atoms in total. The predicted molar refractivity (Wildman–Crippen MR) is 84.4 cm³/mol. The molecule has 122 valence electrons. The van der Waals surface area contributed by atoms with Crippen LogP contribution in [0, 0.1) is 11.3 Å². The van der Waals surface area contributed by atoms with Crippen LogP contribution in [-0.4, -0.2) is 23.2 Å². The van der Waals surface area contributed by atoms with Crippen LogP contribution in [0.4, 0.5) is 4.79 Å². The second-order valence-electron chi connectivity index (χ2n) is 6.57. The molecule has 0 radical (unpaired) electrons. The van der Waals surface area contributed by atoms with Crippen molar-refractivity contribution in [1.82, 2.24) is 5.32 Å². The van der Waals surface area contributed by atoms with Gasteiger partial charge in [-0.05, 0) is 16.9 Å². The van der Waals surface area contributed by atoms with Crippen molar-refractivity contribution in [2.45, 2.75) is 46.8 Å². The molecule has 2 N–H and O–H groups in total. The van der Waals surface area contributed by atoms with E-state index in [1.165, 1.54) is 0 Å². The fourth-order valence-corrected chi connectivity index (χ4v) is 2.06. The van der Waals surface area contributed by atoms with E-state index in [0.717, 1.165) is 5.56 Å². The van der Waals surface area contributed by atoms with Gasteiger partial charge in [0.25, 0.3) is 0 Å². The molecular weight excluding hydrogens is 282 g/mol. The number of carbonyl (C=O) groups excluding carboxylic acids is 1. The minimum Gasteiger partial charge on any atom is -0.481 e. The van der Waals surface area contributed by atoms with Crippen molar-refractivity contribution in [3.05, 3.63) is 35.9 Å². The van der Waals surface area contributed by atoms with Gasteiger partial charge in [-0.2, -0.15) is 0 Å². The molecule has 22 heavy (non-hydrogen) atoms. The van der Waals surface area contributed by atoms with E-state index in [1.54, 1.807) is 0 Å². The third-order valence-corrected chi connectivity index (χ3v) is 3.88. The highest BCUT2D eigenvalue weighted by Gasteiger charge is 2.31. The van der Waals surface area contributed by atoms with Gasteiger partial charge in [0.2, 0.25) is 0 Å². The number of carboxylic acids is 1. The Morgan fingerprint density at radius 2 is 1.82 bits per heavy atom. The number of hydrogen-bond donors (Lipinski definition) is 2. The van der Waals surface area contributed by atoms with E-state index in [1.807, 2.05) is 58.0 Å². The average molecular weight is 307 g/mol. The molecule has 0 aliphatic heterocycles. The Hall–Kier alpha value is -2.04. The molecule has 0 bridgehead atoms. The summed E-state index contributed by atoms with van der Waals surface area (Å²) in [6.07, 6.45) is -0.718. The highest BCUT2D eigenvalue weighted by molar-refractivity contribution is 5.71. The van der Waals surface area contributed by atoms with Gasteiger partial charge in [-0.3, -0.25) is 4.79 Å². The third kappa shape index (κ3) is 6.16. The quantitative estimate of drug-likeness (QED) is 0.844. The molecule has 2 atom stereocenters. The zero-order valence-corrected chi connectivity index (χ0v) is 13.6. The van der Waals surface area contributed by atoms with E-state index in [0.29, 0.717) is 0 Å². The molecule has 0 aliphatic carbocycles. The second kappa shape index (κ2) is 7.82. The predicted octanol–water partition coefficient (Wildman–Crippen LogP) is 3.44. The van der Waals surface area contributed by atoms with Crippen LogP contribution in [0.25, 0.3) is 0 Å². The monoisotopic (exact) mass is 307 g/mol. The standard InChI is InChI=1S/C17H25NO4/c1-12(17(2,3)4)14(10-15(19)20)18-16(21)22-11-13-8-6-5-7-9-13/h5-9,12,14H,10-11H2,1-4H3,(H,18,21)(H,19,20)/t12?,14-/m0/s1. The minimum absolute atomic E-state index is 0.00660. The van der Waals surface area contributed by atoms with Crippen LogP contribution < -0.4 is 5.32 Å². The first kappa shape index (κ1) is 18.0. The summed E-state index contributed by atoms with van der Waals surface area (Å²) in [6, 6.07) is 8.87. The van der Waals surface area contributed by atoms with E-state index in [-0.39, 0.29) is 24.4 Å². The van der Waals surface area contributed by atoms with E-state index in [2.05, 4.69) is 5.32 Å². The second-order valence-corrected chi connectivity index (χ2v) is 6.57. The number of benzene rings is 1. The van der Waals surface area contributed by atoms with Gasteiger partial charge < -0.3 is 15.2 Å².